The first-order valence-corrected chi connectivity index (χ1v) is 7.55. The predicted octanol–water partition coefficient (Wildman–Crippen LogP) is 2.46. The number of benzene rings is 1. The van der Waals surface area contributed by atoms with Crippen LogP contribution < -0.4 is 5.73 Å². The number of likely N-dealkylation sites (tertiary alicyclic amines) is 1. The third kappa shape index (κ3) is 2.52. The normalized spacial score (nSPS) is 21.3. The van der Waals surface area contributed by atoms with Crippen LogP contribution in [0.25, 0.3) is 11.3 Å². The van der Waals surface area contributed by atoms with Gasteiger partial charge in [-0.2, -0.15) is 0 Å². The number of carbonyl (C=O) groups excluding carboxylic acids is 1. The number of amides is 1. The van der Waals surface area contributed by atoms with Crippen molar-refractivity contribution in [3.05, 3.63) is 41.7 Å². The highest BCUT2D eigenvalue weighted by Crippen LogP contribution is 2.32. The number of aryl methyl sites for hydroxylation is 1. The molecule has 0 saturated carbocycles. The largest absolute Gasteiger partial charge is 0.360 e. The molecule has 2 aromatic rings. The smallest absolute Gasteiger partial charge is 0.259 e. The summed E-state index contributed by atoms with van der Waals surface area (Å²) in [7, 11) is 0. The van der Waals surface area contributed by atoms with Gasteiger partial charge >= 0.3 is 0 Å². The molecule has 1 aliphatic rings. The standard InChI is InChI=1S/C17H21N3O2/c1-12-14(15(19-22-12)13-6-4-3-5-7-13)16(21)20-9-8-17(2,10-18)11-20/h3-7H,8-11,18H2,1-2H3. The monoisotopic (exact) mass is 299 g/mol. The van der Waals surface area contributed by atoms with Gasteiger partial charge in [0.1, 0.15) is 17.0 Å². The fourth-order valence-corrected chi connectivity index (χ4v) is 2.94. The summed E-state index contributed by atoms with van der Waals surface area (Å²) >= 11 is 0. The third-order valence-corrected chi connectivity index (χ3v) is 4.46. The van der Waals surface area contributed by atoms with Crippen LogP contribution in [-0.4, -0.2) is 35.6 Å². The van der Waals surface area contributed by atoms with E-state index < -0.39 is 0 Å². The quantitative estimate of drug-likeness (QED) is 0.945. The molecule has 1 unspecified atom stereocenters. The van der Waals surface area contributed by atoms with E-state index in [1.54, 1.807) is 6.92 Å². The number of nitrogens with two attached hydrogens (primary N) is 1. The Balaban J connectivity index is 1.93. The summed E-state index contributed by atoms with van der Waals surface area (Å²) in [4.78, 5) is 14.8. The van der Waals surface area contributed by atoms with Gasteiger partial charge in [-0.1, -0.05) is 42.4 Å². The van der Waals surface area contributed by atoms with E-state index in [0.29, 0.717) is 30.1 Å². The summed E-state index contributed by atoms with van der Waals surface area (Å²) in [5.74, 6) is 0.542. The highest BCUT2D eigenvalue weighted by molar-refractivity contribution is 6.00. The molecular formula is C17H21N3O2. The van der Waals surface area contributed by atoms with Gasteiger partial charge in [-0.05, 0) is 25.3 Å². The van der Waals surface area contributed by atoms with E-state index >= 15 is 0 Å². The minimum absolute atomic E-state index is 0.00758. The first-order valence-electron chi connectivity index (χ1n) is 7.55. The van der Waals surface area contributed by atoms with E-state index in [2.05, 4.69) is 12.1 Å². The Labute approximate surface area is 130 Å². The molecule has 1 aromatic carbocycles. The molecule has 1 saturated heterocycles. The van der Waals surface area contributed by atoms with Crippen LogP contribution in [0.2, 0.25) is 0 Å². The van der Waals surface area contributed by atoms with Crippen LogP contribution in [0.4, 0.5) is 0 Å². The van der Waals surface area contributed by atoms with Crippen LogP contribution in [0.15, 0.2) is 34.9 Å². The van der Waals surface area contributed by atoms with Crippen LogP contribution >= 0.6 is 0 Å². The summed E-state index contributed by atoms with van der Waals surface area (Å²) in [6.07, 6.45) is 0.931. The van der Waals surface area contributed by atoms with Gasteiger partial charge in [-0.3, -0.25) is 4.79 Å². The van der Waals surface area contributed by atoms with E-state index in [4.69, 9.17) is 10.3 Å². The third-order valence-electron chi connectivity index (χ3n) is 4.46. The predicted molar refractivity (Wildman–Crippen MR) is 84.4 cm³/mol. The fourth-order valence-electron chi connectivity index (χ4n) is 2.94. The van der Waals surface area contributed by atoms with Crippen LogP contribution in [0.3, 0.4) is 0 Å². The summed E-state index contributed by atoms with van der Waals surface area (Å²) in [5, 5.41) is 4.09. The molecule has 2 heterocycles. The Morgan fingerprint density at radius 1 is 1.41 bits per heavy atom. The average Bonchev–Trinajstić information content (AvgIpc) is 3.12. The van der Waals surface area contributed by atoms with Gasteiger partial charge in [-0.25, -0.2) is 0 Å². The highest BCUT2D eigenvalue weighted by atomic mass is 16.5. The zero-order valence-electron chi connectivity index (χ0n) is 13.0. The van der Waals surface area contributed by atoms with Crippen molar-refractivity contribution in [3.8, 4) is 11.3 Å². The first-order chi connectivity index (χ1) is 10.5. The number of hydrogen-bond acceptors (Lipinski definition) is 4. The number of rotatable bonds is 3. The molecule has 1 amide bonds. The second kappa shape index (κ2) is 5.57. The maximum Gasteiger partial charge on any atom is 0.259 e. The Morgan fingerprint density at radius 2 is 2.14 bits per heavy atom. The van der Waals surface area contributed by atoms with Gasteiger partial charge in [0.2, 0.25) is 0 Å². The maximum absolute atomic E-state index is 12.9. The van der Waals surface area contributed by atoms with Gasteiger partial charge < -0.3 is 15.2 Å². The molecule has 0 spiro atoms. The van der Waals surface area contributed by atoms with Crippen molar-refractivity contribution >= 4 is 5.91 Å². The molecule has 0 aliphatic carbocycles. The lowest BCUT2D eigenvalue weighted by molar-refractivity contribution is 0.0776. The van der Waals surface area contributed by atoms with Crippen LogP contribution in [-0.2, 0) is 0 Å². The Hall–Kier alpha value is -2.14. The zero-order chi connectivity index (χ0) is 15.7. The van der Waals surface area contributed by atoms with E-state index in [0.717, 1.165) is 18.5 Å². The Kier molecular flexibility index (Phi) is 3.74. The molecule has 0 bridgehead atoms. The molecule has 1 atom stereocenters. The number of hydrogen-bond donors (Lipinski definition) is 1. The van der Waals surface area contributed by atoms with Gasteiger partial charge in [0.15, 0.2) is 0 Å². The fraction of sp³-hybridized carbons (Fsp3) is 0.412. The average molecular weight is 299 g/mol. The van der Waals surface area contributed by atoms with Gasteiger partial charge in [0.25, 0.3) is 5.91 Å². The van der Waals surface area contributed by atoms with Crippen molar-refractivity contribution in [1.82, 2.24) is 10.1 Å². The van der Waals surface area contributed by atoms with E-state index in [1.165, 1.54) is 0 Å². The molecule has 1 fully saturated rings. The second-order valence-corrected chi connectivity index (χ2v) is 6.32. The Morgan fingerprint density at radius 3 is 2.77 bits per heavy atom. The summed E-state index contributed by atoms with van der Waals surface area (Å²) in [5.41, 5.74) is 7.91. The van der Waals surface area contributed by atoms with Crippen LogP contribution in [0, 0.1) is 12.3 Å². The molecule has 1 aliphatic heterocycles. The molecule has 3 rings (SSSR count). The Bertz CT molecular complexity index is 680. The second-order valence-electron chi connectivity index (χ2n) is 6.32. The van der Waals surface area contributed by atoms with Crippen molar-refractivity contribution in [3.63, 3.8) is 0 Å². The summed E-state index contributed by atoms with van der Waals surface area (Å²) in [6.45, 7) is 5.90. The van der Waals surface area contributed by atoms with Crippen molar-refractivity contribution in [2.45, 2.75) is 20.3 Å². The molecule has 22 heavy (non-hydrogen) atoms. The molecule has 5 nitrogen and oxygen atoms in total. The molecule has 5 heteroatoms. The van der Waals surface area contributed by atoms with Crippen molar-refractivity contribution in [2.24, 2.45) is 11.1 Å². The zero-order valence-corrected chi connectivity index (χ0v) is 13.0. The van der Waals surface area contributed by atoms with Crippen LogP contribution in [0.5, 0.6) is 0 Å². The highest BCUT2D eigenvalue weighted by Gasteiger charge is 2.37. The molecular weight excluding hydrogens is 278 g/mol. The first kappa shape index (κ1) is 14.8. The summed E-state index contributed by atoms with van der Waals surface area (Å²) < 4.78 is 5.29. The molecule has 116 valence electrons. The lowest BCUT2D eigenvalue weighted by atomic mass is 9.90. The van der Waals surface area contributed by atoms with Crippen LogP contribution in [0.1, 0.15) is 29.5 Å². The van der Waals surface area contributed by atoms with Crippen molar-refractivity contribution in [2.75, 3.05) is 19.6 Å². The van der Waals surface area contributed by atoms with Gasteiger partial charge in [-0.15, -0.1) is 0 Å². The topological polar surface area (TPSA) is 72.4 Å². The number of carbonyl (C=O) groups is 1. The number of nitrogens with zero attached hydrogens (tertiary/aromatic N) is 2. The lowest BCUT2D eigenvalue weighted by Gasteiger charge is -2.22. The molecule has 1 aromatic heterocycles. The van der Waals surface area contributed by atoms with Gasteiger partial charge in [0, 0.05) is 18.7 Å². The minimum Gasteiger partial charge on any atom is -0.360 e. The molecule has 2 N–H and O–H groups in total. The van der Waals surface area contributed by atoms with Crippen molar-refractivity contribution in [1.29, 1.82) is 0 Å². The SMILES string of the molecule is Cc1onc(-c2ccccc2)c1C(=O)N1CCC(C)(CN)C1. The van der Waals surface area contributed by atoms with Crippen molar-refractivity contribution < 1.29 is 9.32 Å². The van der Waals surface area contributed by atoms with E-state index in [9.17, 15) is 4.79 Å². The van der Waals surface area contributed by atoms with Gasteiger partial charge in [0.05, 0.1) is 0 Å². The lowest BCUT2D eigenvalue weighted by Crippen LogP contribution is -2.34. The number of aromatic nitrogens is 1. The summed E-state index contributed by atoms with van der Waals surface area (Å²) in [6, 6.07) is 9.65. The minimum atomic E-state index is -0.0187. The molecule has 0 radical (unpaired) electrons. The van der Waals surface area contributed by atoms with E-state index in [1.807, 2.05) is 35.2 Å². The van der Waals surface area contributed by atoms with E-state index in [-0.39, 0.29) is 11.3 Å². The maximum atomic E-state index is 12.9.